The Morgan fingerprint density at radius 1 is 1.08 bits per heavy atom. The second-order valence-corrected chi connectivity index (χ2v) is 9.53. The summed E-state index contributed by atoms with van der Waals surface area (Å²) in [5, 5.41) is 6.77. The Bertz CT molecular complexity index is 513. The fourth-order valence-corrected chi connectivity index (χ4v) is 4.76. The largest absolute Gasteiger partial charge is 0.357 e. The molecule has 0 radical (unpaired) electrons. The normalized spacial score (nSPS) is 20.8. The van der Waals surface area contributed by atoms with Gasteiger partial charge in [0.2, 0.25) is 10.0 Å². The lowest BCUT2D eigenvalue weighted by molar-refractivity contribution is 0.280. The Labute approximate surface area is 177 Å². The van der Waals surface area contributed by atoms with Crippen molar-refractivity contribution in [3.63, 3.8) is 0 Å². The van der Waals surface area contributed by atoms with E-state index in [1.54, 1.807) is 4.31 Å². The van der Waals surface area contributed by atoms with Gasteiger partial charge in [0.25, 0.3) is 0 Å². The molecule has 26 heavy (non-hydrogen) atoms. The van der Waals surface area contributed by atoms with Crippen molar-refractivity contribution in [1.82, 2.24) is 14.9 Å². The van der Waals surface area contributed by atoms with Gasteiger partial charge in [0, 0.05) is 32.7 Å². The highest BCUT2D eigenvalue weighted by Crippen LogP contribution is 2.28. The quantitative estimate of drug-likeness (QED) is 0.233. The molecule has 2 aliphatic rings. The molecule has 0 aromatic heterocycles. The minimum Gasteiger partial charge on any atom is -0.357 e. The number of sulfonamides is 1. The van der Waals surface area contributed by atoms with Crippen molar-refractivity contribution in [2.45, 2.75) is 58.3 Å². The summed E-state index contributed by atoms with van der Waals surface area (Å²) in [6, 6.07) is 0. The molecule has 0 aromatic rings. The standard InChI is InChI=1S/C18H36N4O2S.HI/c1-3-19-18(20-12-6-9-16-7-4-5-8-16)21-15-17-10-13-22(14-11-17)25(2,23)24;/h16-17H,3-15H2,1-2H3,(H2,19,20,21);1H. The molecule has 0 atom stereocenters. The van der Waals surface area contributed by atoms with Gasteiger partial charge in [-0.25, -0.2) is 12.7 Å². The number of aliphatic imine (C=N–C) groups is 1. The summed E-state index contributed by atoms with van der Waals surface area (Å²) < 4.78 is 24.7. The highest BCUT2D eigenvalue weighted by atomic mass is 127. The monoisotopic (exact) mass is 500 g/mol. The highest BCUT2D eigenvalue weighted by molar-refractivity contribution is 14.0. The maximum Gasteiger partial charge on any atom is 0.211 e. The number of rotatable bonds is 8. The van der Waals surface area contributed by atoms with Crippen LogP contribution >= 0.6 is 24.0 Å². The first-order valence-electron chi connectivity index (χ1n) is 9.96. The number of nitrogens with one attached hydrogen (secondary N) is 2. The summed E-state index contributed by atoms with van der Waals surface area (Å²) in [6.07, 6.45) is 11.3. The molecule has 8 heteroatoms. The smallest absolute Gasteiger partial charge is 0.211 e. The number of nitrogens with zero attached hydrogens (tertiary/aromatic N) is 2. The zero-order chi connectivity index (χ0) is 18.1. The van der Waals surface area contributed by atoms with Gasteiger partial charge in [-0.2, -0.15) is 0 Å². The van der Waals surface area contributed by atoms with Gasteiger partial charge in [-0.1, -0.05) is 25.7 Å². The van der Waals surface area contributed by atoms with Crippen LogP contribution in [0.2, 0.25) is 0 Å². The minimum atomic E-state index is -3.04. The van der Waals surface area contributed by atoms with Crippen LogP contribution in [0, 0.1) is 11.8 Å². The minimum absolute atomic E-state index is 0. The maximum atomic E-state index is 11.6. The fraction of sp³-hybridized carbons (Fsp3) is 0.944. The maximum absolute atomic E-state index is 11.6. The molecule has 0 spiro atoms. The topological polar surface area (TPSA) is 73.8 Å². The SMILES string of the molecule is CCNC(=NCC1CCN(S(C)(=O)=O)CC1)NCCCC1CCCC1.I. The van der Waals surface area contributed by atoms with Gasteiger partial charge in [0.1, 0.15) is 0 Å². The van der Waals surface area contributed by atoms with Crippen LogP contribution in [0.4, 0.5) is 0 Å². The third kappa shape index (κ3) is 8.73. The Hall–Kier alpha value is -0.0900. The fourth-order valence-electron chi connectivity index (χ4n) is 3.88. The van der Waals surface area contributed by atoms with Gasteiger partial charge in [-0.15, -0.1) is 24.0 Å². The number of hydrogen-bond donors (Lipinski definition) is 2. The van der Waals surface area contributed by atoms with Crippen molar-refractivity contribution in [3.05, 3.63) is 0 Å². The third-order valence-electron chi connectivity index (χ3n) is 5.45. The summed E-state index contributed by atoms with van der Waals surface area (Å²) in [7, 11) is -3.04. The average molecular weight is 500 g/mol. The van der Waals surface area contributed by atoms with E-state index in [4.69, 9.17) is 4.99 Å². The first kappa shape index (κ1) is 23.9. The first-order chi connectivity index (χ1) is 12.0. The Balaban J connectivity index is 0.00000338. The van der Waals surface area contributed by atoms with E-state index >= 15 is 0 Å². The lowest BCUT2D eigenvalue weighted by Crippen LogP contribution is -2.40. The first-order valence-corrected chi connectivity index (χ1v) is 11.8. The van der Waals surface area contributed by atoms with Gasteiger partial charge in [0.05, 0.1) is 6.26 Å². The number of halogens is 1. The second kappa shape index (κ2) is 12.4. The highest BCUT2D eigenvalue weighted by Gasteiger charge is 2.24. The van der Waals surface area contributed by atoms with Crippen molar-refractivity contribution in [1.29, 1.82) is 0 Å². The third-order valence-corrected chi connectivity index (χ3v) is 6.75. The molecule has 0 bridgehead atoms. The van der Waals surface area contributed by atoms with Gasteiger partial charge < -0.3 is 10.6 Å². The zero-order valence-corrected chi connectivity index (χ0v) is 19.5. The lowest BCUT2D eigenvalue weighted by atomic mass is 9.98. The van der Waals surface area contributed by atoms with E-state index in [1.165, 1.54) is 44.8 Å². The van der Waals surface area contributed by atoms with E-state index in [0.29, 0.717) is 19.0 Å². The van der Waals surface area contributed by atoms with Gasteiger partial charge >= 0.3 is 0 Å². The Morgan fingerprint density at radius 3 is 2.31 bits per heavy atom. The number of guanidine groups is 1. The summed E-state index contributed by atoms with van der Waals surface area (Å²) in [5.74, 6) is 2.33. The molecule has 1 aliphatic carbocycles. The van der Waals surface area contributed by atoms with Crippen molar-refractivity contribution in [2.75, 3.05) is 39.0 Å². The van der Waals surface area contributed by atoms with Gasteiger partial charge in [0.15, 0.2) is 5.96 Å². The van der Waals surface area contributed by atoms with Crippen LogP contribution in [0.15, 0.2) is 4.99 Å². The van der Waals surface area contributed by atoms with Crippen LogP contribution in [0.1, 0.15) is 58.3 Å². The molecular formula is C18H37IN4O2S. The van der Waals surface area contributed by atoms with E-state index in [2.05, 4.69) is 17.6 Å². The molecule has 0 amide bonds. The second-order valence-electron chi connectivity index (χ2n) is 7.54. The van der Waals surface area contributed by atoms with Gasteiger partial charge in [-0.3, -0.25) is 4.99 Å². The van der Waals surface area contributed by atoms with Crippen molar-refractivity contribution < 1.29 is 8.42 Å². The number of hydrogen-bond acceptors (Lipinski definition) is 3. The van der Waals surface area contributed by atoms with Crippen molar-refractivity contribution in [3.8, 4) is 0 Å². The Kier molecular flexibility index (Phi) is 11.4. The summed E-state index contributed by atoms with van der Waals surface area (Å²) in [5.41, 5.74) is 0. The van der Waals surface area contributed by atoms with E-state index in [0.717, 1.165) is 44.4 Å². The van der Waals surface area contributed by atoms with Crippen LogP contribution in [0.3, 0.4) is 0 Å². The van der Waals surface area contributed by atoms with Crippen molar-refractivity contribution in [2.24, 2.45) is 16.8 Å². The molecule has 2 N–H and O–H groups in total. The molecule has 0 aromatic carbocycles. The molecule has 1 saturated carbocycles. The molecule has 6 nitrogen and oxygen atoms in total. The van der Waals surface area contributed by atoms with Crippen LogP contribution in [0.5, 0.6) is 0 Å². The molecule has 1 saturated heterocycles. The molecule has 1 aliphatic heterocycles. The summed E-state index contributed by atoms with van der Waals surface area (Å²) in [6.45, 7) is 5.96. The van der Waals surface area contributed by atoms with E-state index in [-0.39, 0.29) is 24.0 Å². The summed E-state index contributed by atoms with van der Waals surface area (Å²) >= 11 is 0. The van der Waals surface area contributed by atoms with E-state index < -0.39 is 10.0 Å². The van der Waals surface area contributed by atoms with Crippen molar-refractivity contribution >= 4 is 40.0 Å². The lowest BCUT2D eigenvalue weighted by Gasteiger charge is -2.29. The molecule has 2 rings (SSSR count). The predicted molar refractivity (Wildman–Crippen MR) is 120 cm³/mol. The molecule has 0 unspecified atom stereocenters. The Morgan fingerprint density at radius 2 is 1.73 bits per heavy atom. The number of piperidine rings is 1. The molecular weight excluding hydrogens is 463 g/mol. The van der Waals surface area contributed by atoms with Gasteiger partial charge in [-0.05, 0) is 44.4 Å². The zero-order valence-electron chi connectivity index (χ0n) is 16.4. The molecule has 154 valence electrons. The van der Waals surface area contributed by atoms with Crippen LogP contribution in [0.25, 0.3) is 0 Å². The predicted octanol–water partition coefficient (Wildman–Crippen LogP) is 2.80. The van der Waals surface area contributed by atoms with Crippen LogP contribution < -0.4 is 10.6 Å². The molecule has 2 fully saturated rings. The van der Waals surface area contributed by atoms with E-state index in [9.17, 15) is 8.42 Å². The van der Waals surface area contributed by atoms with Crippen LogP contribution in [-0.4, -0.2) is 57.7 Å². The average Bonchev–Trinajstić information content (AvgIpc) is 3.09. The van der Waals surface area contributed by atoms with Crippen LogP contribution in [-0.2, 0) is 10.0 Å². The molecule has 1 heterocycles. The van der Waals surface area contributed by atoms with E-state index in [1.807, 2.05) is 0 Å². The summed E-state index contributed by atoms with van der Waals surface area (Å²) in [4.78, 5) is 4.72.